The summed E-state index contributed by atoms with van der Waals surface area (Å²) in [7, 11) is -4.67. The van der Waals surface area contributed by atoms with Crippen molar-refractivity contribution in [2.45, 2.75) is 71.1 Å². The number of hydrogen-bond acceptors (Lipinski definition) is 6. The van der Waals surface area contributed by atoms with E-state index in [4.69, 9.17) is 22.3 Å². The highest BCUT2D eigenvalue weighted by molar-refractivity contribution is 7.79. The van der Waals surface area contributed by atoms with Crippen LogP contribution in [-0.4, -0.2) is 37.3 Å². The minimum Gasteiger partial charge on any atom is -0.494 e. The number of ether oxygens (including phenoxy) is 2. The van der Waals surface area contributed by atoms with Gasteiger partial charge in [0, 0.05) is 0 Å². The quantitative estimate of drug-likeness (QED) is 0.184. The SMILES string of the molecule is C1CO1.CCCCCCCCCCCCOc1ccccc1.N.N.O=S(=O)(O)O. The van der Waals surface area contributed by atoms with Gasteiger partial charge in [-0.2, -0.15) is 8.42 Å². The smallest absolute Gasteiger partial charge is 0.394 e. The largest absolute Gasteiger partial charge is 0.494 e. The average molecular weight is 439 g/mol. The van der Waals surface area contributed by atoms with Crippen LogP contribution in [0.5, 0.6) is 5.75 Å². The molecule has 1 aliphatic rings. The van der Waals surface area contributed by atoms with Gasteiger partial charge in [0.1, 0.15) is 5.75 Å². The standard InChI is InChI=1S/C18H30O.C2H4O.2H3N.H2O4S/c1-2-3-4-5-6-7-8-9-10-14-17-19-18-15-12-11-13-16-18;1-2-3-1;;;1-5(2,3)4/h11-13,15-16H,2-10,14,17H2,1H3;1-2H2;2*1H3;(H2,1,2,3,4). The lowest BCUT2D eigenvalue weighted by atomic mass is 10.1. The number of benzene rings is 1. The molecule has 0 aromatic heterocycles. The van der Waals surface area contributed by atoms with Gasteiger partial charge in [0.05, 0.1) is 19.8 Å². The molecule has 1 fully saturated rings. The molecule has 0 atom stereocenters. The molecule has 29 heavy (non-hydrogen) atoms. The van der Waals surface area contributed by atoms with Crippen molar-refractivity contribution in [3.63, 3.8) is 0 Å². The van der Waals surface area contributed by atoms with Gasteiger partial charge in [-0.25, -0.2) is 0 Å². The summed E-state index contributed by atoms with van der Waals surface area (Å²) in [6, 6.07) is 10.1. The van der Waals surface area contributed by atoms with Gasteiger partial charge in [0.25, 0.3) is 0 Å². The van der Waals surface area contributed by atoms with Gasteiger partial charge < -0.3 is 21.8 Å². The van der Waals surface area contributed by atoms with E-state index in [0.717, 1.165) is 25.6 Å². The summed E-state index contributed by atoms with van der Waals surface area (Å²) in [5.74, 6) is 0.999. The molecule has 0 saturated carbocycles. The van der Waals surface area contributed by atoms with E-state index in [1.807, 2.05) is 30.3 Å². The van der Waals surface area contributed by atoms with Crippen LogP contribution < -0.4 is 17.0 Å². The summed E-state index contributed by atoms with van der Waals surface area (Å²) in [6.45, 7) is 5.14. The van der Waals surface area contributed by atoms with E-state index in [1.165, 1.54) is 64.2 Å². The average Bonchev–Trinajstić information content (AvgIpc) is 3.48. The molecular weight excluding hydrogens is 396 g/mol. The summed E-state index contributed by atoms with van der Waals surface area (Å²) >= 11 is 0. The lowest BCUT2D eigenvalue weighted by Crippen LogP contribution is -1.96. The molecule has 8 nitrogen and oxygen atoms in total. The van der Waals surface area contributed by atoms with Gasteiger partial charge in [0.15, 0.2) is 0 Å². The molecular formula is C20H42N2O6S. The zero-order chi connectivity index (χ0) is 20.2. The second-order valence-corrected chi connectivity index (χ2v) is 7.30. The van der Waals surface area contributed by atoms with Gasteiger partial charge in [-0.05, 0) is 18.6 Å². The Morgan fingerprint density at radius 3 is 1.59 bits per heavy atom. The lowest BCUT2D eigenvalue weighted by molar-refractivity contribution is 0.304. The second-order valence-electron chi connectivity index (χ2n) is 6.40. The Balaban J connectivity index is -0.000000567. The lowest BCUT2D eigenvalue weighted by Gasteiger charge is -2.05. The van der Waals surface area contributed by atoms with Crippen LogP contribution in [0.4, 0.5) is 0 Å². The minimum absolute atomic E-state index is 0. The van der Waals surface area contributed by atoms with Crippen molar-refractivity contribution in [3.8, 4) is 5.75 Å². The maximum Gasteiger partial charge on any atom is 0.394 e. The van der Waals surface area contributed by atoms with E-state index >= 15 is 0 Å². The fraction of sp³-hybridized carbons (Fsp3) is 0.700. The third kappa shape index (κ3) is 38.1. The Kier molecular flexibility index (Phi) is 25.8. The van der Waals surface area contributed by atoms with E-state index in [1.54, 1.807) is 0 Å². The number of para-hydroxylation sites is 1. The molecule has 9 heteroatoms. The zero-order valence-electron chi connectivity index (χ0n) is 17.9. The minimum atomic E-state index is -4.67. The predicted octanol–water partition coefficient (Wildman–Crippen LogP) is 5.67. The number of unbranched alkanes of at least 4 members (excludes halogenated alkanes) is 9. The van der Waals surface area contributed by atoms with Gasteiger partial charge in [-0.15, -0.1) is 0 Å². The maximum atomic E-state index is 8.74. The highest BCUT2D eigenvalue weighted by Crippen LogP contribution is 2.12. The fourth-order valence-electron chi connectivity index (χ4n) is 2.30. The van der Waals surface area contributed by atoms with Gasteiger partial charge >= 0.3 is 10.4 Å². The topological polar surface area (TPSA) is 166 Å². The van der Waals surface area contributed by atoms with Crippen molar-refractivity contribution >= 4 is 10.4 Å². The monoisotopic (exact) mass is 438 g/mol. The highest BCUT2D eigenvalue weighted by Gasteiger charge is 1.94. The summed E-state index contributed by atoms with van der Waals surface area (Å²) in [5, 5.41) is 0. The van der Waals surface area contributed by atoms with Crippen molar-refractivity contribution in [1.29, 1.82) is 0 Å². The van der Waals surface area contributed by atoms with E-state index in [9.17, 15) is 0 Å². The van der Waals surface area contributed by atoms with Crippen LogP contribution >= 0.6 is 0 Å². The number of rotatable bonds is 12. The fourth-order valence-corrected chi connectivity index (χ4v) is 2.30. The molecule has 0 unspecified atom stereocenters. The Hall–Kier alpha value is -1.23. The van der Waals surface area contributed by atoms with Crippen LogP contribution in [0.2, 0.25) is 0 Å². The van der Waals surface area contributed by atoms with E-state index in [2.05, 4.69) is 11.7 Å². The van der Waals surface area contributed by atoms with Crippen LogP contribution in [-0.2, 0) is 15.1 Å². The Labute approximate surface area is 177 Å². The molecule has 1 aromatic rings. The normalized spacial score (nSPS) is 11.4. The first kappa shape index (κ1) is 32.4. The first-order valence-corrected chi connectivity index (χ1v) is 11.3. The van der Waals surface area contributed by atoms with Crippen molar-refractivity contribution in [3.05, 3.63) is 30.3 Å². The first-order chi connectivity index (χ1) is 12.9. The van der Waals surface area contributed by atoms with Crippen LogP contribution in [0.15, 0.2) is 30.3 Å². The summed E-state index contributed by atoms with van der Waals surface area (Å²) < 4.78 is 41.8. The Morgan fingerprint density at radius 1 is 0.828 bits per heavy atom. The van der Waals surface area contributed by atoms with E-state index in [-0.39, 0.29) is 12.3 Å². The second kappa shape index (κ2) is 23.1. The summed E-state index contributed by atoms with van der Waals surface area (Å²) in [5.41, 5.74) is 0. The molecule has 2 rings (SSSR count). The summed E-state index contributed by atoms with van der Waals surface area (Å²) in [6.07, 6.45) is 13.7. The van der Waals surface area contributed by atoms with Gasteiger partial charge in [0.2, 0.25) is 0 Å². The molecule has 0 aliphatic carbocycles. The summed E-state index contributed by atoms with van der Waals surface area (Å²) in [4.78, 5) is 0. The number of hydrogen-bond donors (Lipinski definition) is 4. The van der Waals surface area contributed by atoms with Crippen LogP contribution in [0.25, 0.3) is 0 Å². The van der Waals surface area contributed by atoms with Crippen molar-refractivity contribution in [2.24, 2.45) is 0 Å². The number of epoxide rings is 1. The van der Waals surface area contributed by atoms with Crippen LogP contribution in [0, 0.1) is 0 Å². The molecule has 0 bridgehead atoms. The zero-order valence-corrected chi connectivity index (χ0v) is 18.7. The Bertz CT molecular complexity index is 516. The van der Waals surface area contributed by atoms with E-state index < -0.39 is 10.4 Å². The predicted molar refractivity (Wildman–Crippen MR) is 119 cm³/mol. The maximum absolute atomic E-state index is 8.74. The van der Waals surface area contributed by atoms with E-state index in [0.29, 0.717) is 0 Å². The molecule has 1 heterocycles. The van der Waals surface area contributed by atoms with Crippen LogP contribution in [0.3, 0.4) is 0 Å². The molecule has 0 spiro atoms. The highest BCUT2D eigenvalue weighted by atomic mass is 32.3. The molecule has 0 radical (unpaired) electrons. The van der Waals surface area contributed by atoms with Crippen LogP contribution in [0.1, 0.15) is 71.1 Å². The molecule has 1 saturated heterocycles. The molecule has 1 aromatic carbocycles. The first-order valence-electron chi connectivity index (χ1n) is 9.89. The van der Waals surface area contributed by atoms with Gasteiger partial charge in [-0.1, -0.05) is 82.9 Å². The van der Waals surface area contributed by atoms with Crippen molar-refractivity contribution < 1.29 is 27.0 Å². The molecule has 8 N–H and O–H groups in total. The van der Waals surface area contributed by atoms with Crippen molar-refractivity contribution in [1.82, 2.24) is 12.3 Å². The molecule has 1 aliphatic heterocycles. The third-order valence-electron chi connectivity index (χ3n) is 3.71. The van der Waals surface area contributed by atoms with Crippen molar-refractivity contribution in [2.75, 3.05) is 19.8 Å². The Morgan fingerprint density at radius 2 is 1.21 bits per heavy atom. The molecule has 174 valence electrons. The molecule has 0 amide bonds. The third-order valence-corrected chi connectivity index (χ3v) is 3.71. The van der Waals surface area contributed by atoms with Gasteiger partial charge in [-0.3, -0.25) is 9.11 Å².